The van der Waals surface area contributed by atoms with E-state index in [9.17, 15) is 46.0 Å². The van der Waals surface area contributed by atoms with Crippen LogP contribution in [0.3, 0.4) is 0 Å². The number of methoxy groups -OCH3 is 1. The zero-order chi connectivity index (χ0) is 32.6. The second-order valence-corrected chi connectivity index (χ2v) is 12.1. The summed E-state index contributed by atoms with van der Waals surface area (Å²) in [4.78, 5) is 0. The minimum Gasteiger partial charge on any atom is -0.394 e. The molecule has 0 aromatic rings. The molecule has 0 aliphatic carbocycles. The first-order valence-electron chi connectivity index (χ1n) is 14.8. The summed E-state index contributed by atoms with van der Waals surface area (Å²) in [6.45, 7) is 5.77. The van der Waals surface area contributed by atoms with Gasteiger partial charge in [-0.25, -0.2) is 0 Å². The summed E-state index contributed by atoms with van der Waals surface area (Å²) in [5.41, 5.74) is 0. The number of aliphatic hydroxyl groups is 9. The van der Waals surface area contributed by atoms with E-state index in [1.54, 1.807) is 6.92 Å². The van der Waals surface area contributed by atoms with Crippen LogP contribution in [0.2, 0.25) is 0 Å². The summed E-state index contributed by atoms with van der Waals surface area (Å²) in [7, 11) is 1.28. The number of hydrogen-bond acceptors (Lipinski definition) is 17. The average molecular weight is 645 g/mol. The van der Waals surface area contributed by atoms with Gasteiger partial charge in [0.05, 0.1) is 25.4 Å². The van der Waals surface area contributed by atoms with Crippen LogP contribution >= 0.6 is 0 Å². The van der Waals surface area contributed by atoms with Crippen LogP contribution in [0.25, 0.3) is 0 Å². The molecule has 4 rings (SSSR count). The first-order chi connectivity index (χ1) is 20.7. The number of aliphatic hydroxyl groups excluding tert-OH is 9. The maximum Gasteiger partial charge on any atom is 0.187 e. The Bertz CT molecular complexity index is 896. The Morgan fingerprint density at radius 2 is 0.886 bits per heavy atom. The third-order valence-electron chi connectivity index (χ3n) is 9.27. The molecule has 4 heterocycles. The highest BCUT2D eigenvalue weighted by Crippen LogP contribution is 2.38. The molecule has 4 saturated heterocycles. The minimum atomic E-state index is -1.82. The highest BCUT2D eigenvalue weighted by atomic mass is 16.8. The quantitative estimate of drug-likeness (QED) is 0.115. The maximum absolute atomic E-state index is 11.0. The van der Waals surface area contributed by atoms with Gasteiger partial charge in [0, 0.05) is 7.11 Å². The van der Waals surface area contributed by atoms with Crippen molar-refractivity contribution in [3.05, 3.63) is 0 Å². The van der Waals surface area contributed by atoms with E-state index in [2.05, 4.69) is 0 Å². The van der Waals surface area contributed by atoms with Crippen LogP contribution in [0, 0.1) is 11.8 Å². The summed E-state index contributed by atoms with van der Waals surface area (Å²) < 4.78 is 47.0. The zero-order valence-corrected chi connectivity index (χ0v) is 25.3. The molecule has 0 amide bonds. The number of rotatable bonds is 9. The van der Waals surface area contributed by atoms with Gasteiger partial charge in [0.2, 0.25) is 0 Å². The van der Waals surface area contributed by atoms with E-state index < -0.39 is 118 Å². The highest BCUT2D eigenvalue weighted by Gasteiger charge is 2.55. The SMILES string of the molecule is COC1O[C@@H](C)C(O[C@@H]2OC(C)[C@@H](C)[C@H](C)C2O)C(O[C@@H]2OC(CO)[C@H](O)C(O)C2O)[C@@H]1OC1O[C@H](CO)C(O)[C@@H](O)[C@H]1O. The molecule has 17 heteroatoms. The Balaban J connectivity index is 1.68. The predicted molar refractivity (Wildman–Crippen MR) is 142 cm³/mol. The van der Waals surface area contributed by atoms with E-state index in [4.69, 9.17) is 37.9 Å². The molecule has 44 heavy (non-hydrogen) atoms. The lowest BCUT2D eigenvalue weighted by Crippen LogP contribution is -2.67. The number of hydrogen-bond donors (Lipinski definition) is 9. The normalized spacial score (nSPS) is 53.9. The molecule has 0 radical (unpaired) electrons. The summed E-state index contributed by atoms with van der Waals surface area (Å²) in [6.07, 6.45) is -25.2. The molecule has 4 fully saturated rings. The maximum atomic E-state index is 11.0. The van der Waals surface area contributed by atoms with Crippen molar-refractivity contribution < 1.29 is 83.9 Å². The van der Waals surface area contributed by atoms with Crippen molar-refractivity contribution in [1.29, 1.82) is 0 Å². The summed E-state index contributed by atoms with van der Waals surface area (Å²) in [5.74, 6) is -0.243. The largest absolute Gasteiger partial charge is 0.394 e. The van der Waals surface area contributed by atoms with Gasteiger partial charge in [-0.05, 0) is 25.7 Å². The average Bonchev–Trinajstić information content (AvgIpc) is 3.01. The van der Waals surface area contributed by atoms with Gasteiger partial charge in [0.15, 0.2) is 25.2 Å². The molecular formula is C27H48O17. The standard InChI is InChI=1S/C27H48O17/c1-8-9(2)14(30)24(38-10(8)3)42-21-11(4)39-27(37-5)23(44-26-20(36)18(34)16(32)13(7-29)41-26)22(21)43-25-19(35)17(33)15(31)12(6-28)40-25/h8-36H,6-7H2,1-5H3/t8-,9-,10?,11-,12?,13+,14?,15-,16?,17?,18+,19?,20+,21?,22?,23-,24-,25-,26?,27?/m0/s1. The van der Waals surface area contributed by atoms with Crippen molar-refractivity contribution in [3.8, 4) is 0 Å². The van der Waals surface area contributed by atoms with E-state index in [1.807, 2.05) is 20.8 Å². The molecule has 17 nitrogen and oxygen atoms in total. The van der Waals surface area contributed by atoms with Gasteiger partial charge in [-0.2, -0.15) is 0 Å². The van der Waals surface area contributed by atoms with Crippen molar-refractivity contribution in [3.63, 3.8) is 0 Å². The lowest BCUT2D eigenvalue weighted by atomic mass is 9.84. The van der Waals surface area contributed by atoms with Crippen LogP contribution in [0.5, 0.6) is 0 Å². The summed E-state index contributed by atoms with van der Waals surface area (Å²) >= 11 is 0. The van der Waals surface area contributed by atoms with Gasteiger partial charge in [0.1, 0.15) is 73.2 Å². The predicted octanol–water partition coefficient (Wildman–Crippen LogP) is -4.49. The van der Waals surface area contributed by atoms with Crippen molar-refractivity contribution in [2.24, 2.45) is 11.8 Å². The van der Waals surface area contributed by atoms with Crippen molar-refractivity contribution in [1.82, 2.24) is 0 Å². The Labute approximate surface area is 254 Å². The van der Waals surface area contributed by atoms with E-state index in [0.29, 0.717) is 0 Å². The minimum absolute atomic E-state index is 0.00816. The molecule has 9 N–H and O–H groups in total. The molecule has 0 aromatic heterocycles. The van der Waals surface area contributed by atoms with Gasteiger partial charge in [-0.15, -0.1) is 0 Å². The molecule has 0 saturated carbocycles. The molecule has 0 aromatic carbocycles. The molecule has 258 valence electrons. The van der Waals surface area contributed by atoms with Crippen molar-refractivity contribution in [2.75, 3.05) is 20.3 Å². The Morgan fingerprint density at radius 1 is 0.455 bits per heavy atom. The summed E-state index contributed by atoms with van der Waals surface area (Å²) in [6, 6.07) is 0. The van der Waals surface area contributed by atoms with Crippen molar-refractivity contribution >= 4 is 0 Å². The molecule has 20 atom stereocenters. The molecule has 0 bridgehead atoms. The second kappa shape index (κ2) is 15.0. The third-order valence-corrected chi connectivity index (χ3v) is 9.27. The monoisotopic (exact) mass is 644 g/mol. The van der Waals surface area contributed by atoms with Gasteiger partial charge in [-0.3, -0.25) is 0 Å². The van der Waals surface area contributed by atoms with Crippen LogP contribution in [0.1, 0.15) is 27.7 Å². The number of ether oxygens (including phenoxy) is 8. The van der Waals surface area contributed by atoms with Crippen LogP contribution in [-0.2, 0) is 37.9 Å². The van der Waals surface area contributed by atoms with Crippen LogP contribution in [0.4, 0.5) is 0 Å². The Kier molecular flexibility index (Phi) is 12.4. The first-order valence-corrected chi connectivity index (χ1v) is 14.8. The van der Waals surface area contributed by atoms with E-state index in [1.165, 1.54) is 7.11 Å². The molecular weight excluding hydrogens is 596 g/mol. The Morgan fingerprint density at radius 3 is 1.36 bits per heavy atom. The lowest BCUT2D eigenvalue weighted by molar-refractivity contribution is -0.402. The summed E-state index contributed by atoms with van der Waals surface area (Å²) in [5, 5.41) is 93.1. The van der Waals surface area contributed by atoms with E-state index in [-0.39, 0.29) is 17.9 Å². The Hall–Kier alpha value is -0.680. The van der Waals surface area contributed by atoms with E-state index >= 15 is 0 Å². The van der Waals surface area contributed by atoms with Crippen molar-refractivity contribution in [2.45, 2.75) is 138 Å². The fourth-order valence-corrected chi connectivity index (χ4v) is 5.99. The highest BCUT2D eigenvalue weighted by molar-refractivity contribution is 4.97. The van der Waals surface area contributed by atoms with Gasteiger partial charge >= 0.3 is 0 Å². The van der Waals surface area contributed by atoms with Crippen LogP contribution in [-0.4, -0.2) is 177 Å². The fraction of sp³-hybridized carbons (Fsp3) is 1.00. The smallest absolute Gasteiger partial charge is 0.187 e. The fourth-order valence-electron chi connectivity index (χ4n) is 5.99. The molecule has 0 spiro atoms. The van der Waals surface area contributed by atoms with Gasteiger partial charge < -0.3 is 83.9 Å². The molecule has 4 aliphatic rings. The van der Waals surface area contributed by atoms with Gasteiger partial charge in [0.25, 0.3) is 0 Å². The van der Waals surface area contributed by atoms with Crippen LogP contribution in [0.15, 0.2) is 0 Å². The van der Waals surface area contributed by atoms with Gasteiger partial charge in [-0.1, -0.05) is 13.8 Å². The van der Waals surface area contributed by atoms with Crippen LogP contribution < -0.4 is 0 Å². The molecule has 10 unspecified atom stereocenters. The zero-order valence-electron chi connectivity index (χ0n) is 25.3. The van der Waals surface area contributed by atoms with E-state index in [0.717, 1.165) is 0 Å². The third kappa shape index (κ3) is 7.09. The molecule has 4 aliphatic heterocycles. The topological polar surface area (TPSA) is 256 Å². The lowest BCUT2D eigenvalue weighted by Gasteiger charge is -2.51. The second-order valence-electron chi connectivity index (χ2n) is 12.1. The first kappa shape index (κ1) is 36.2.